The van der Waals surface area contributed by atoms with Gasteiger partial charge in [0.1, 0.15) is 23.5 Å². The fraction of sp³-hybridized carbons (Fsp3) is 0.375. The summed E-state index contributed by atoms with van der Waals surface area (Å²) < 4.78 is 15.5. The van der Waals surface area contributed by atoms with Crippen LogP contribution in [-0.2, 0) is 6.54 Å². The SMILES string of the molecule is CN=C(NCc1ccon1)NC(C)c1cc(OC)ccc1OC.I. The number of aromatic nitrogens is 1. The highest BCUT2D eigenvalue weighted by atomic mass is 127. The number of rotatable bonds is 6. The van der Waals surface area contributed by atoms with Crippen molar-refractivity contribution in [2.24, 2.45) is 4.99 Å². The number of hydrogen-bond donors (Lipinski definition) is 2. The summed E-state index contributed by atoms with van der Waals surface area (Å²) in [6, 6.07) is 7.48. The molecule has 1 heterocycles. The Morgan fingerprint density at radius 1 is 1.29 bits per heavy atom. The molecule has 0 spiro atoms. The number of hydrogen-bond acceptors (Lipinski definition) is 5. The van der Waals surface area contributed by atoms with Gasteiger partial charge in [0.05, 0.1) is 26.8 Å². The molecule has 0 fully saturated rings. The van der Waals surface area contributed by atoms with Crippen molar-refractivity contribution in [2.75, 3.05) is 21.3 Å². The summed E-state index contributed by atoms with van der Waals surface area (Å²) in [5, 5.41) is 10.4. The van der Waals surface area contributed by atoms with Crippen LogP contribution in [0.2, 0.25) is 0 Å². The molecule has 7 nitrogen and oxygen atoms in total. The summed E-state index contributed by atoms with van der Waals surface area (Å²) in [4.78, 5) is 4.22. The van der Waals surface area contributed by atoms with Gasteiger partial charge in [0.2, 0.25) is 0 Å². The smallest absolute Gasteiger partial charge is 0.191 e. The highest BCUT2D eigenvalue weighted by Crippen LogP contribution is 2.29. The Bertz CT molecular complexity index is 647. The predicted octanol–water partition coefficient (Wildman–Crippen LogP) is 2.74. The number of nitrogens with zero attached hydrogens (tertiary/aromatic N) is 2. The summed E-state index contributed by atoms with van der Waals surface area (Å²) in [6.07, 6.45) is 1.54. The van der Waals surface area contributed by atoms with Crippen LogP contribution in [0.25, 0.3) is 0 Å². The van der Waals surface area contributed by atoms with Crippen molar-refractivity contribution < 1.29 is 14.0 Å². The van der Waals surface area contributed by atoms with Crippen LogP contribution in [0.3, 0.4) is 0 Å². The molecule has 2 rings (SSSR count). The molecular formula is C16H23IN4O3. The molecule has 24 heavy (non-hydrogen) atoms. The van der Waals surface area contributed by atoms with Crippen molar-refractivity contribution >= 4 is 29.9 Å². The third-order valence-electron chi connectivity index (χ3n) is 3.41. The molecule has 0 aliphatic rings. The molecule has 2 aromatic rings. The minimum atomic E-state index is -0.0245. The third-order valence-corrected chi connectivity index (χ3v) is 3.41. The van der Waals surface area contributed by atoms with E-state index in [-0.39, 0.29) is 30.0 Å². The number of guanidine groups is 1. The Balaban J connectivity index is 0.00000288. The molecular weight excluding hydrogens is 423 g/mol. The van der Waals surface area contributed by atoms with Crippen molar-refractivity contribution in [3.63, 3.8) is 0 Å². The van der Waals surface area contributed by atoms with Gasteiger partial charge >= 0.3 is 0 Å². The third kappa shape index (κ3) is 5.29. The zero-order valence-corrected chi connectivity index (χ0v) is 16.5. The van der Waals surface area contributed by atoms with Gasteiger partial charge in [0, 0.05) is 18.7 Å². The van der Waals surface area contributed by atoms with Gasteiger partial charge in [-0.15, -0.1) is 24.0 Å². The van der Waals surface area contributed by atoms with E-state index in [0.717, 1.165) is 22.8 Å². The minimum Gasteiger partial charge on any atom is -0.497 e. The first-order valence-corrected chi connectivity index (χ1v) is 7.26. The molecule has 132 valence electrons. The van der Waals surface area contributed by atoms with Gasteiger partial charge in [0.15, 0.2) is 5.96 Å². The molecule has 1 aromatic heterocycles. The van der Waals surface area contributed by atoms with E-state index < -0.39 is 0 Å². The Morgan fingerprint density at radius 2 is 2.08 bits per heavy atom. The van der Waals surface area contributed by atoms with E-state index in [1.165, 1.54) is 6.26 Å². The van der Waals surface area contributed by atoms with Gasteiger partial charge in [-0.3, -0.25) is 4.99 Å². The summed E-state index contributed by atoms with van der Waals surface area (Å²) in [7, 11) is 5.01. The molecule has 0 aliphatic carbocycles. The van der Waals surface area contributed by atoms with Crippen LogP contribution in [0, 0.1) is 0 Å². The molecule has 1 unspecified atom stereocenters. The molecule has 0 saturated heterocycles. The first kappa shape index (κ1) is 20.1. The minimum absolute atomic E-state index is 0. The van der Waals surface area contributed by atoms with Crippen molar-refractivity contribution in [1.29, 1.82) is 0 Å². The molecule has 0 aliphatic heterocycles. The zero-order chi connectivity index (χ0) is 16.7. The second-order valence-corrected chi connectivity index (χ2v) is 4.89. The predicted molar refractivity (Wildman–Crippen MR) is 103 cm³/mol. The number of benzene rings is 1. The van der Waals surface area contributed by atoms with Gasteiger partial charge in [-0.25, -0.2) is 0 Å². The number of aliphatic imine (C=N–C) groups is 1. The normalized spacial score (nSPS) is 12.1. The molecule has 8 heteroatoms. The van der Waals surface area contributed by atoms with E-state index >= 15 is 0 Å². The number of halogens is 1. The van der Waals surface area contributed by atoms with Gasteiger partial charge in [-0.05, 0) is 25.1 Å². The highest BCUT2D eigenvalue weighted by molar-refractivity contribution is 14.0. The quantitative estimate of drug-likeness (QED) is 0.404. The number of methoxy groups -OCH3 is 2. The number of nitrogens with one attached hydrogen (secondary N) is 2. The zero-order valence-electron chi connectivity index (χ0n) is 14.2. The molecule has 0 radical (unpaired) electrons. The lowest BCUT2D eigenvalue weighted by atomic mass is 10.1. The van der Waals surface area contributed by atoms with E-state index in [1.54, 1.807) is 27.3 Å². The van der Waals surface area contributed by atoms with Crippen molar-refractivity contribution in [2.45, 2.75) is 19.5 Å². The van der Waals surface area contributed by atoms with Gasteiger partial charge < -0.3 is 24.6 Å². The summed E-state index contributed by atoms with van der Waals surface area (Å²) in [6.45, 7) is 2.55. The Hall–Kier alpha value is -1.97. The Labute approximate surface area is 158 Å². The standard InChI is InChI=1S/C16H22N4O3.HI/c1-11(14-9-13(21-3)5-6-15(14)22-4)19-16(17-2)18-10-12-7-8-23-20-12;/h5-9,11H,10H2,1-4H3,(H2,17,18,19);1H. The maximum Gasteiger partial charge on any atom is 0.191 e. The summed E-state index contributed by atoms with van der Waals surface area (Å²) >= 11 is 0. The summed E-state index contributed by atoms with van der Waals surface area (Å²) in [5.74, 6) is 2.23. The van der Waals surface area contributed by atoms with Crippen LogP contribution in [0.5, 0.6) is 11.5 Å². The van der Waals surface area contributed by atoms with Crippen molar-refractivity contribution in [1.82, 2.24) is 15.8 Å². The van der Waals surface area contributed by atoms with Gasteiger partial charge in [-0.1, -0.05) is 5.16 Å². The second kappa shape index (κ2) is 10.0. The maximum atomic E-state index is 5.42. The maximum absolute atomic E-state index is 5.42. The van der Waals surface area contributed by atoms with Crippen LogP contribution in [0.15, 0.2) is 40.0 Å². The van der Waals surface area contributed by atoms with E-state index in [1.807, 2.05) is 25.1 Å². The first-order chi connectivity index (χ1) is 11.2. The fourth-order valence-corrected chi connectivity index (χ4v) is 2.16. The van der Waals surface area contributed by atoms with E-state index in [0.29, 0.717) is 12.5 Å². The molecule has 0 amide bonds. The number of ether oxygens (including phenoxy) is 2. The monoisotopic (exact) mass is 446 g/mol. The van der Waals surface area contributed by atoms with E-state index in [4.69, 9.17) is 14.0 Å². The van der Waals surface area contributed by atoms with Crippen LogP contribution >= 0.6 is 24.0 Å². The largest absolute Gasteiger partial charge is 0.497 e. The molecule has 0 bridgehead atoms. The van der Waals surface area contributed by atoms with E-state index in [2.05, 4.69) is 20.8 Å². The van der Waals surface area contributed by atoms with Crippen LogP contribution in [0.1, 0.15) is 24.2 Å². The highest BCUT2D eigenvalue weighted by Gasteiger charge is 2.14. The van der Waals surface area contributed by atoms with Gasteiger partial charge in [-0.2, -0.15) is 0 Å². The lowest BCUT2D eigenvalue weighted by Gasteiger charge is -2.20. The first-order valence-electron chi connectivity index (χ1n) is 7.26. The second-order valence-electron chi connectivity index (χ2n) is 4.89. The van der Waals surface area contributed by atoms with Crippen LogP contribution in [0.4, 0.5) is 0 Å². The van der Waals surface area contributed by atoms with Crippen molar-refractivity contribution in [3.05, 3.63) is 41.8 Å². The van der Waals surface area contributed by atoms with Gasteiger partial charge in [0.25, 0.3) is 0 Å². The average Bonchev–Trinajstić information content (AvgIpc) is 3.11. The molecule has 2 N–H and O–H groups in total. The van der Waals surface area contributed by atoms with Crippen LogP contribution in [-0.4, -0.2) is 32.4 Å². The molecule has 1 aromatic carbocycles. The fourth-order valence-electron chi connectivity index (χ4n) is 2.16. The van der Waals surface area contributed by atoms with E-state index in [9.17, 15) is 0 Å². The average molecular weight is 446 g/mol. The molecule has 1 atom stereocenters. The lowest BCUT2D eigenvalue weighted by molar-refractivity contribution is 0.394. The Morgan fingerprint density at radius 3 is 2.67 bits per heavy atom. The summed E-state index contributed by atoms with van der Waals surface area (Å²) in [5.41, 5.74) is 1.79. The Kier molecular flexibility index (Phi) is 8.37. The topological polar surface area (TPSA) is 80.9 Å². The van der Waals surface area contributed by atoms with Crippen molar-refractivity contribution in [3.8, 4) is 11.5 Å². The molecule has 0 saturated carbocycles. The lowest BCUT2D eigenvalue weighted by Crippen LogP contribution is -2.38. The van der Waals surface area contributed by atoms with Crippen LogP contribution < -0.4 is 20.1 Å².